The topological polar surface area (TPSA) is 55.7 Å². The van der Waals surface area contributed by atoms with Gasteiger partial charge in [0.2, 0.25) is 0 Å². The van der Waals surface area contributed by atoms with Crippen LogP contribution >= 0.6 is 0 Å². The average molecular weight is 386 g/mol. The maximum atomic E-state index is 12.9. The summed E-state index contributed by atoms with van der Waals surface area (Å²) in [4.78, 5) is 15.6. The van der Waals surface area contributed by atoms with Gasteiger partial charge in [-0.1, -0.05) is 6.42 Å². The molecule has 2 saturated heterocycles. The van der Waals surface area contributed by atoms with Gasteiger partial charge in [0.15, 0.2) is 11.5 Å². The van der Waals surface area contributed by atoms with Crippen molar-refractivity contribution in [2.45, 2.75) is 38.1 Å². The van der Waals surface area contributed by atoms with Crippen molar-refractivity contribution < 1.29 is 14.3 Å². The van der Waals surface area contributed by atoms with E-state index in [2.05, 4.69) is 10.2 Å². The van der Waals surface area contributed by atoms with E-state index in [0.29, 0.717) is 29.2 Å². The zero-order valence-electron chi connectivity index (χ0n) is 17.2. The standard InChI is InChI=1S/C22H31N3O3/c1-24-18-13-21(28-3)20(27-2)12-16(18)11-19(24)22(26)23-14-15-7-6-10-25-9-5-4-8-17(15)25/h11-13,15,17H,4-10,14H2,1-3H3,(H,23,26)/t15-,17+/m0/s1. The lowest BCUT2D eigenvalue weighted by Gasteiger charge is -2.44. The number of carbonyl (C=O) groups is 1. The van der Waals surface area contributed by atoms with Gasteiger partial charge in [-0.3, -0.25) is 4.79 Å². The van der Waals surface area contributed by atoms with E-state index in [-0.39, 0.29) is 5.91 Å². The highest BCUT2D eigenvalue weighted by Gasteiger charge is 2.33. The van der Waals surface area contributed by atoms with Gasteiger partial charge in [-0.2, -0.15) is 0 Å². The predicted molar refractivity (Wildman–Crippen MR) is 110 cm³/mol. The molecule has 2 aliphatic rings. The Morgan fingerprint density at radius 1 is 1.07 bits per heavy atom. The first-order valence-corrected chi connectivity index (χ1v) is 10.4. The molecule has 3 heterocycles. The molecule has 0 saturated carbocycles. The van der Waals surface area contributed by atoms with Crippen molar-refractivity contribution in [3.8, 4) is 11.5 Å². The van der Waals surface area contributed by atoms with Crippen LogP contribution in [0.3, 0.4) is 0 Å². The number of hydrogen-bond donors (Lipinski definition) is 1. The highest BCUT2D eigenvalue weighted by Crippen LogP contribution is 2.34. The summed E-state index contributed by atoms with van der Waals surface area (Å²) < 4.78 is 12.7. The minimum atomic E-state index is -0.00966. The molecular formula is C22H31N3O3. The van der Waals surface area contributed by atoms with Gasteiger partial charge in [0.25, 0.3) is 5.91 Å². The largest absolute Gasteiger partial charge is 0.493 e. The van der Waals surface area contributed by atoms with Crippen molar-refractivity contribution in [2.75, 3.05) is 33.9 Å². The summed E-state index contributed by atoms with van der Waals surface area (Å²) in [6, 6.07) is 6.42. The van der Waals surface area contributed by atoms with E-state index >= 15 is 0 Å². The van der Waals surface area contributed by atoms with E-state index in [9.17, 15) is 4.79 Å². The summed E-state index contributed by atoms with van der Waals surface area (Å²) >= 11 is 0. The van der Waals surface area contributed by atoms with E-state index < -0.39 is 0 Å². The van der Waals surface area contributed by atoms with Crippen molar-refractivity contribution in [3.05, 3.63) is 23.9 Å². The summed E-state index contributed by atoms with van der Waals surface area (Å²) in [7, 11) is 5.17. The zero-order chi connectivity index (χ0) is 19.7. The molecule has 1 aromatic carbocycles. The number of fused-ring (bicyclic) bond motifs is 2. The second kappa shape index (κ2) is 8.03. The number of carbonyl (C=O) groups excluding carboxylic acids is 1. The Morgan fingerprint density at radius 2 is 1.82 bits per heavy atom. The van der Waals surface area contributed by atoms with Crippen LogP contribution in [0.2, 0.25) is 0 Å². The second-order valence-electron chi connectivity index (χ2n) is 8.07. The van der Waals surface area contributed by atoms with Gasteiger partial charge in [-0.15, -0.1) is 0 Å². The van der Waals surface area contributed by atoms with Crippen molar-refractivity contribution in [3.63, 3.8) is 0 Å². The molecule has 152 valence electrons. The number of benzene rings is 1. The zero-order valence-corrected chi connectivity index (χ0v) is 17.2. The Bertz CT molecular complexity index is 858. The average Bonchev–Trinajstić information content (AvgIpc) is 3.06. The summed E-state index contributed by atoms with van der Waals surface area (Å²) in [5, 5.41) is 4.19. The maximum Gasteiger partial charge on any atom is 0.267 e. The van der Waals surface area contributed by atoms with Crippen LogP contribution in [-0.2, 0) is 7.05 Å². The molecule has 1 N–H and O–H groups in total. The molecule has 0 bridgehead atoms. The van der Waals surface area contributed by atoms with Crippen LogP contribution in [0.15, 0.2) is 18.2 Å². The number of hydrogen-bond acceptors (Lipinski definition) is 4. The quantitative estimate of drug-likeness (QED) is 0.859. The lowest BCUT2D eigenvalue weighted by Crippen LogP contribution is -2.51. The van der Waals surface area contributed by atoms with Gasteiger partial charge < -0.3 is 24.3 Å². The smallest absolute Gasteiger partial charge is 0.267 e. The molecule has 0 radical (unpaired) electrons. The number of amides is 1. The van der Waals surface area contributed by atoms with Crippen LogP contribution in [0.4, 0.5) is 0 Å². The third kappa shape index (κ3) is 3.46. The predicted octanol–water partition coefficient (Wildman–Crippen LogP) is 3.19. The Balaban J connectivity index is 1.50. The molecule has 1 aromatic heterocycles. The molecule has 2 fully saturated rings. The third-order valence-electron chi connectivity index (χ3n) is 6.53. The SMILES string of the molecule is COc1cc2cc(C(=O)NC[C@@H]3CCCN4CCCC[C@H]34)n(C)c2cc1OC. The molecule has 0 aliphatic carbocycles. The summed E-state index contributed by atoms with van der Waals surface area (Å²) in [5.74, 6) is 1.90. The first-order chi connectivity index (χ1) is 13.6. The molecule has 0 unspecified atom stereocenters. The Morgan fingerprint density at radius 3 is 2.61 bits per heavy atom. The van der Waals surface area contributed by atoms with Crippen LogP contribution in [0.25, 0.3) is 10.9 Å². The first-order valence-electron chi connectivity index (χ1n) is 10.4. The van der Waals surface area contributed by atoms with Crippen molar-refractivity contribution in [2.24, 2.45) is 13.0 Å². The van der Waals surface area contributed by atoms with Gasteiger partial charge in [0.1, 0.15) is 5.69 Å². The lowest BCUT2D eigenvalue weighted by molar-refractivity contribution is 0.0574. The number of aromatic nitrogens is 1. The molecule has 2 aliphatic heterocycles. The first kappa shape index (κ1) is 19.1. The fourth-order valence-corrected chi connectivity index (χ4v) is 5.01. The van der Waals surface area contributed by atoms with Crippen LogP contribution in [0.1, 0.15) is 42.6 Å². The highest BCUT2D eigenvalue weighted by molar-refractivity contribution is 5.99. The third-order valence-corrected chi connectivity index (χ3v) is 6.53. The molecule has 2 atom stereocenters. The lowest BCUT2D eigenvalue weighted by atomic mass is 9.83. The number of nitrogens with one attached hydrogen (secondary N) is 1. The van der Waals surface area contributed by atoms with E-state index in [1.807, 2.05) is 29.8 Å². The molecule has 6 nitrogen and oxygen atoms in total. The molecule has 6 heteroatoms. The van der Waals surface area contributed by atoms with Crippen LogP contribution in [0.5, 0.6) is 11.5 Å². The highest BCUT2D eigenvalue weighted by atomic mass is 16.5. The number of nitrogens with zero attached hydrogens (tertiary/aromatic N) is 2. The van der Waals surface area contributed by atoms with Crippen molar-refractivity contribution in [1.82, 2.24) is 14.8 Å². The van der Waals surface area contributed by atoms with Gasteiger partial charge in [-0.05, 0) is 56.8 Å². The van der Waals surface area contributed by atoms with Gasteiger partial charge in [0, 0.05) is 31.1 Å². The van der Waals surface area contributed by atoms with Crippen LogP contribution < -0.4 is 14.8 Å². The monoisotopic (exact) mass is 385 g/mol. The molecule has 4 rings (SSSR count). The Labute approximate surface area is 166 Å². The minimum Gasteiger partial charge on any atom is -0.493 e. The number of ether oxygens (including phenoxy) is 2. The van der Waals surface area contributed by atoms with E-state index in [0.717, 1.165) is 17.4 Å². The van der Waals surface area contributed by atoms with E-state index in [4.69, 9.17) is 9.47 Å². The van der Waals surface area contributed by atoms with E-state index in [1.165, 1.54) is 45.2 Å². The fourth-order valence-electron chi connectivity index (χ4n) is 5.01. The number of aryl methyl sites for hydroxylation is 1. The maximum absolute atomic E-state index is 12.9. The van der Waals surface area contributed by atoms with Gasteiger partial charge >= 0.3 is 0 Å². The molecule has 1 amide bonds. The molecule has 0 spiro atoms. The van der Waals surface area contributed by atoms with Crippen molar-refractivity contribution in [1.29, 1.82) is 0 Å². The van der Waals surface area contributed by atoms with Crippen LogP contribution in [-0.4, -0.2) is 55.3 Å². The summed E-state index contributed by atoms with van der Waals surface area (Å²) in [5.41, 5.74) is 1.63. The Hall–Kier alpha value is -2.21. The molecule has 28 heavy (non-hydrogen) atoms. The van der Waals surface area contributed by atoms with Gasteiger partial charge in [-0.25, -0.2) is 0 Å². The van der Waals surface area contributed by atoms with Crippen LogP contribution in [0, 0.1) is 5.92 Å². The van der Waals surface area contributed by atoms with Crippen molar-refractivity contribution >= 4 is 16.8 Å². The molecular weight excluding hydrogens is 354 g/mol. The number of rotatable bonds is 5. The summed E-state index contributed by atoms with van der Waals surface area (Å²) in [6.45, 7) is 3.21. The Kier molecular flexibility index (Phi) is 5.49. The normalized spacial score (nSPS) is 22.7. The minimum absolute atomic E-state index is 0.00966. The number of piperidine rings is 2. The molecule has 2 aromatic rings. The van der Waals surface area contributed by atoms with E-state index in [1.54, 1.807) is 14.2 Å². The summed E-state index contributed by atoms with van der Waals surface area (Å²) in [6.07, 6.45) is 6.36. The second-order valence-corrected chi connectivity index (χ2v) is 8.07. The van der Waals surface area contributed by atoms with Gasteiger partial charge in [0.05, 0.1) is 19.7 Å². The number of methoxy groups -OCH3 is 2. The fraction of sp³-hybridized carbons (Fsp3) is 0.591.